The second-order valence-corrected chi connectivity index (χ2v) is 3.27. The van der Waals surface area contributed by atoms with Crippen LogP contribution in [0.5, 0.6) is 5.88 Å². The summed E-state index contributed by atoms with van der Waals surface area (Å²) in [5.41, 5.74) is 6.47. The number of rotatable bonds is 2. The lowest BCUT2D eigenvalue weighted by Crippen LogP contribution is -2.18. The third kappa shape index (κ3) is 1.25. The minimum absolute atomic E-state index is 0.451. The van der Waals surface area contributed by atoms with Crippen molar-refractivity contribution in [3.63, 3.8) is 0 Å². The van der Waals surface area contributed by atoms with Gasteiger partial charge in [-0.3, -0.25) is 4.79 Å². The molecular formula is C9H13N3O2. The van der Waals surface area contributed by atoms with Crippen LogP contribution in [0.25, 0.3) is 0 Å². The van der Waals surface area contributed by atoms with Crippen molar-refractivity contribution in [2.45, 2.75) is 26.3 Å². The van der Waals surface area contributed by atoms with Crippen molar-refractivity contribution in [1.29, 1.82) is 0 Å². The lowest BCUT2D eigenvalue weighted by atomic mass is 10.2. The van der Waals surface area contributed by atoms with Crippen LogP contribution in [-0.2, 0) is 13.0 Å². The molecule has 0 saturated carbocycles. The first-order valence-electron chi connectivity index (χ1n) is 4.76. The van der Waals surface area contributed by atoms with Crippen molar-refractivity contribution in [2.75, 3.05) is 6.61 Å². The highest BCUT2D eigenvalue weighted by molar-refractivity contribution is 5.96. The molecule has 0 atom stereocenters. The van der Waals surface area contributed by atoms with Crippen LogP contribution < -0.4 is 10.5 Å². The van der Waals surface area contributed by atoms with Crippen molar-refractivity contribution < 1.29 is 9.53 Å². The number of fused-ring (bicyclic) bond motifs is 1. The van der Waals surface area contributed by atoms with E-state index in [2.05, 4.69) is 5.10 Å². The topological polar surface area (TPSA) is 70.1 Å². The lowest BCUT2D eigenvalue weighted by Gasteiger charge is -2.14. The highest BCUT2D eigenvalue weighted by Gasteiger charge is 2.24. The number of carbonyl (C=O) groups is 1. The minimum Gasteiger partial charge on any atom is -0.477 e. The Bertz CT molecular complexity index is 370. The summed E-state index contributed by atoms with van der Waals surface area (Å²) in [4.78, 5) is 11.2. The summed E-state index contributed by atoms with van der Waals surface area (Å²) in [7, 11) is 0. The van der Waals surface area contributed by atoms with Crippen molar-refractivity contribution in [1.82, 2.24) is 9.78 Å². The first-order valence-corrected chi connectivity index (χ1v) is 4.76. The van der Waals surface area contributed by atoms with E-state index in [4.69, 9.17) is 10.5 Å². The highest BCUT2D eigenvalue weighted by Crippen LogP contribution is 2.25. The Hall–Kier alpha value is -1.52. The summed E-state index contributed by atoms with van der Waals surface area (Å²) in [6.07, 6.45) is 1.62. The van der Waals surface area contributed by atoms with E-state index in [0.717, 1.165) is 18.7 Å². The molecule has 0 aliphatic carbocycles. The number of hydrogen-bond acceptors (Lipinski definition) is 3. The van der Waals surface area contributed by atoms with Gasteiger partial charge in [-0.25, -0.2) is 4.68 Å². The molecule has 5 nitrogen and oxygen atoms in total. The maximum absolute atomic E-state index is 11.2. The number of nitrogens with two attached hydrogens (primary N) is 1. The molecule has 0 bridgehead atoms. The second kappa shape index (κ2) is 3.32. The summed E-state index contributed by atoms with van der Waals surface area (Å²) in [5.74, 6) is 0.0885. The Labute approximate surface area is 81.8 Å². The van der Waals surface area contributed by atoms with Gasteiger partial charge in [-0.15, -0.1) is 0 Å². The maximum atomic E-state index is 11.2. The predicted molar refractivity (Wildman–Crippen MR) is 50.2 cm³/mol. The van der Waals surface area contributed by atoms with E-state index in [1.165, 1.54) is 0 Å². The molecule has 0 aromatic carbocycles. The zero-order chi connectivity index (χ0) is 10.1. The Kier molecular flexibility index (Phi) is 2.15. The van der Waals surface area contributed by atoms with Gasteiger partial charge in [0.05, 0.1) is 12.3 Å². The van der Waals surface area contributed by atoms with Gasteiger partial charge in [0.2, 0.25) is 5.88 Å². The molecule has 1 amide bonds. The molecule has 0 saturated heterocycles. The Morgan fingerprint density at radius 2 is 2.50 bits per heavy atom. The molecule has 5 heteroatoms. The molecule has 2 rings (SSSR count). The molecule has 1 aromatic rings. The largest absolute Gasteiger partial charge is 0.477 e. The van der Waals surface area contributed by atoms with Gasteiger partial charge in [0.1, 0.15) is 5.56 Å². The summed E-state index contributed by atoms with van der Waals surface area (Å²) >= 11 is 0. The summed E-state index contributed by atoms with van der Waals surface area (Å²) in [6.45, 7) is 3.38. The van der Waals surface area contributed by atoms with E-state index in [0.29, 0.717) is 24.5 Å². The molecule has 1 aromatic heterocycles. The lowest BCUT2D eigenvalue weighted by molar-refractivity contribution is 0.0993. The van der Waals surface area contributed by atoms with Crippen LogP contribution in [-0.4, -0.2) is 22.3 Å². The van der Waals surface area contributed by atoms with Gasteiger partial charge in [0.15, 0.2) is 0 Å². The van der Waals surface area contributed by atoms with Crippen molar-refractivity contribution in [2.24, 2.45) is 5.73 Å². The normalized spacial score (nSPS) is 14.6. The summed E-state index contributed by atoms with van der Waals surface area (Å²) < 4.78 is 7.12. The third-order valence-electron chi connectivity index (χ3n) is 2.31. The first kappa shape index (κ1) is 9.05. The summed E-state index contributed by atoms with van der Waals surface area (Å²) in [5, 5.41) is 4.28. The van der Waals surface area contributed by atoms with Crippen LogP contribution in [0.4, 0.5) is 0 Å². The number of hydrogen-bond donors (Lipinski definition) is 1. The Balaban J connectivity index is 2.53. The van der Waals surface area contributed by atoms with E-state index in [1.54, 1.807) is 4.68 Å². The molecule has 0 radical (unpaired) electrons. The molecule has 14 heavy (non-hydrogen) atoms. The van der Waals surface area contributed by atoms with Gasteiger partial charge >= 0.3 is 0 Å². The number of amides is 1. The number of primary amides is 1. The van der Waals surface area contributed by atoms with Crippen molar-refractivity contribution >= 4 is 5.91 Å². The first-order chi connectivity index (χ1) is 6.74. The standard InChI is InChI=1S/C9H13N3O2/c1-2-6-7(8(10)13)9-12(11-6)4-3-5-14-9/h2-5H2,1H3,(H2,10,13). The molecule has 2 N–H and O–H groups in total. The number of ether oxygens (including phenoxy) is 1. The van der Waals surface area contributed by atoms with Gasteiger partial charge in [-0.2, -0.15) is 5.10 Å². The monoisotopic (exact) mass is 195 g/mol. The highest BCUT2D eigenvalue weighted by atomic mass is 16.5. The van der Waals surface area contributed by atoms with Crippen LogP contribution >= 0.6 is 0 Å². The zero-order valence-corrected chi connectivity index (χ0v) is 8.12. The molecular weight excluding hydrogens is 182 g/mol. The van der Waals surface area contributed by atoms with Crippen LogP contribution in [0.3, 0.4) is 0 Å². The van der Waals surface area contributed by atoms with E-state index in [-0.39, 0.29) is 0 Å². The molecule has 0 unspecified atom stereocenters. The molecule has 76 valence electrons. The van der Waals surface area contributed by atoms with Crippen LogP contribution in [0, 0.1) is 0 Å². The number of aryl methyl sites for hydroxylation is 2. The van der Waals surface area contributed by atoms with Gasteiger partial charge in [-0.1, -0.05) is 6.92 Å². The zero-order valence-electron chi connectivity index (χ0n) is 8.12. The van der Waals surface area contributed by atoms with Crippen molar-refractivity contribution in [3.05, 3.63) is 11.3 Å². The van der Waals surface area contributed by atoms with Gasteiger partial charge < -0.3 is 10.5 Å². The number of carbonyl (C=O) groups excluding carboxylic acids is 1. The molecule has 1 aliphatic heterocycles. The smallest absolute Gasteiger partial charge is 0.256 e. The SMILES string of the molecule is CCc1nn2c(c1C(N)=O)OCCC2. The fourth-order valence-electron chi connectivity index (χ4n) is 1.67. The van der Waals surface area contributed by atoms with Crippen LogP contribution in [0.1, 0.15) is 29.4 Å². The predicted octanol–water partition coefficient (Wildman–Crippen LogP) is 0.327. The summed E-state index contributed by atoms with van der Waals surface area (Å²) in [6, 6.07) is 0. The molecule has 2 heterocycles. The molecule has 1 aliphatic rings. The van der Waals surface area contributed by atoms with E-state index in [9.17, 15) is 4.79 Å². The minimum atomic E-state index is -0.454. The third-order valence-corrected chi connectivity index (χ3v) is 2.31. The fourth-order valence-corrected chi connectivity index (χ4v) is 1.67. The van der Waals surface area contributed by atoms with Crippen LogP contribution in [0.2, 0.25) is 0 Å². The quantitative estimate of drug-likeness (QED) is 0.739. The second-order valence-electron chi connectivity index (χ2n) is 3.27. The average molecular weight is 195 g/mol. The van der Waals surface area contributed by atoms with Crippen LogP contribution in [0.15, 0.2) is 0 Å². The molecule has 0 fully saturated rings. The average Bonchev–Trinajstić information content (AvgIpc) is 2.55. The van der Waals surface area contributed by atoms with Gasteiger partial charge in [0.25, 0.3) is 5.91 Å². The van der Waals surface area contributed by atoms with E-state index >= 15 is 0 Å². The maximum Gasteiger partial charge on any atom is 0.256 e. The Morgan fingerprint density at radius 1 is 1.71 bits per heavy atom. The van der Waals surface area contributed by atoms with Crippen molar-refractivity contribution in [3.8, 4) is 5.88 Å². The fraction of sp³-hybridized carbons (Fsp3) is 0.556. The Morgan fingerprint density at radius 3 is 3.14 bits per heavy atom. The van der Waals surface area contributed by atoms with E-state index in [1.807, 2.05) is 6.92 Å². The number of aromatic nitrogens is 2. The number of nitrogens with zero attached hydrogens (tertiary/aromatic N) is 2. The molecule has 0 spiro atoms. The van der Waals surface area contributed by atoms with Gasteiger partial charge in [0, 0.05) is 13.0 Å². The van der Waals surface area contributed by atoms with Gasteiger partial charge in [-0.05, 0) is 6.42 Å². The van der Waals surface area contributed by atoms with E-state index < -0.39 is 5.91 Å².